The second kappa shape index (κ2) is 10.8. The molecular formula is C27H35N7O3. The Morgan fingerprint density at radius 1 is 1.24 bits per heavy atom. The van der Waals surface area contributed by atoms with Crippen LogP contribution in [-0.2, 0) is 9.59 Å². The van der Waals surface area contributed by atoms with Crippen molar-refractivity contribution in [2.45, 2.75) is 40.2 Å². The first-order chi connectivity index (χ1) is 17.5. The molecule has 0 aromatic carbocycles. The monoisotopic (exact) mass is 505 g/mol. The number of hydrogen-bond donors (Lipinski definition) is 1. The lowest BCUT2D eigenvalue weighted by molar-refractivity contribution is -0.131. The van der Waals surface area contributed by atoms with Crippen LogP contribution in [0.4, 0.5) is 0 Å². The van der Waals surface area contributed by atoms with Crippen LogP contribution in [0.3, 0.4) is 0 Å². The number of carbonyl (C=O) groups is 3. The molecule has 1 atom stereocenters. The van der Waals surface area contributed by atoms with Crippen molar-refractivity contribution in [2.24, 2.45) is 10.9 Å². The SMILES string of the molecule is CC1=CC(C)=NC(=O)C1CNC(=O)c1cc(C2=CCN(C(=O)CN(C)C)CC2)nc2c1cnn2C(C)C. The number of hydrogen-bond acceptors (Lipinski definition) is 6. The van der Waals surface area contributed by atoms with Gasteiger partial charge in [0.1, 0.15) is 0 Å². The molecule has 0 fully saturated rings. The molecule has 4 rings (SSSR count). The Kier molecular flexibility index (Phi) is 7.68. The van der Waals surface area contributed by atoms with Gasteiger partial charge < -0.3 is 15.1 Å². The number of allylic oxidation sites excluding steroid dienone is 1. The Bertz CT molecular complexity index is 1330. The molecule has 10 heteroatoms. The molecule has 0 radical (unpaired) electrons. The number of nitrogens with one attached hydrogen (secondary N) is 1. The highest BCUT2D eigenvalue weighted by molar-refractivity contribution is 6.07. The molecule has 10 nitrogen and oxygen atoms in total. The molecule has 1 unspecified atom stereocenters. The molecule has 37 heavy (non-hydrogen) atoms. The molecule has 2 aliphatic heterocycles. The molecule has 2 aromatic rings. The molecule has 2 aromatic heterocycles. The highest BCUT2D eigenvalue weighted by atomic mass is 16.2. The summed E-state index contributed by atoms with van der Waals surface area (Å²) in [6, 6.07) is 1.85. The van der Waals surface area contributed by atoms with Crippen LogP contribution in [0.15, 0.2) is 35.0 Å². The summed E-state index contributed by atoms with van der Waals surface area (Å²) in [5.41, 5.74) is 4.34. The van der Waals surface area contributed by atoms with Crippen LogP contribution in [0.1, 0.15) is 56.2 Å². The second-order valence-corrected chi connectivity index (χ2v) is 10.3. The van der Waals surface area contributed by atoms with E-state index in [-0.39, 0.29) is 30.3 Å². The topological polar surface area (TPSA) is 113 Å². The first-order valence-electron chi connectivity index (χ1n) is 12.6. The molecule has 1 N–H and O–H groups in total. The van der Waals surface area contributed by atoms with Gasteiger partial charge in [0.25, 0.3) is 11.8 Å². The summed E-state index contributed by atoms with van der Waals surface area (Å²) < 4.78 is 1.81. The molecule has 4 heterocycles. The first-order valence-corrected chi connectivity index (χ1v) is 12.6. The van der Waals surface area contributed by atoms with Gasteiger partial charge in [-0.05, 0) is 65.9 Å². The maximum Gasteiger partial charge on any atom is 0.254 e. The normalized spacial score (nSPS) is 18.3. The van der Waals surface area contributed by atoms with E-state index in [1.54, 1.807) is 23.9 Å². The maximum atomic E-state index is 13.4. The van der Waals surface area contributed by atoms with E-state index < -0.39 is 5.92 Å². The first kappa shape index (κ1) is 26.4. The van der Waals surface area contributed by atoms with Gasteiger partial charge in [0.15, 0.2) is 5.65 Å². The maximum absolute atomic E-state index is 13.4. The number of dihydropyridines is 1. The lowest BCUT2D eigenvalue weighted by Gasteiger charge is -2.27. The fourth-order valence-electron chi connectivity index (χ4n) is 4.69. The minimum Gasteiger partial charge on any atom is -0.351 e. The van der Waals surface area contributed by atoms with E-state index in [1.165, 1.54) is 0 Å². The van der Waals surface area contributed by atoms with Crippen LogP contribution in [0.5, 0.6) is 0 Å². The lowest BCUT2D eigenvalue weighted by Crippen LogP contribution is -2.40. The fraction of sp³-hybridized carbons (Fsp3) is 0.481. The van der Waals surface area contributed by atoms with Gasteiger partial charge in [-0.25, -0.2) is 14.7 Å². The van der Waals surface area contributed by atoms with Gasteiger partial charge in [0, 0.05) is 31.4 Å². The Labute approximate surface area is 217 Å². The van der Waals surface area contributed by atoms with Gasteiger partial charge in [0.2, 0.25) is 5.91 Å². The van der Waals surface area contributed by atoms with Crippen LogP contribution in [-0.4, -0.2) is 88.3 Å². The van der Waals surface area contributed by atoms with Crippen molar-refractivity contribution in [3.63, 3.8) is 0 Å². The largest absolute Gasteiger partial charge is 0.351 e. The average Bonchev–Trinajstić information content (AvgIpc) is 3.26. The van der Waals surface area contributed by atoms with Crippen molar-refractivity contribution in [3.8, 4) is 0 Å². The van der Waals surface area contributed by atoms with Crippen LogP contribution < -0.4 is 5.32 Å². The number of rotatable bonds is 7. The molecule has 0 saturated heterocycles. The van der Waals surface area contributed by atoms with Crippen molar-refractivity contribution < 1.29 is 14.4 Å². The van der Waals surface area contributed by atoms with E-state index in [9.17, 15) is 14.4 Å². The van der Waals surface area contributed by atoms with Gasteiger partial charge in [0.05, 0.1) is 35.3 Å². The number of fused-ring (bicyclic) bond motifs is 1. The van der Waals surface area contributed by atoms with Gasteiger partial charge in [-0.15, -0.1) is 0 Å². The van der Waals surface area contributed by atoms with Crippen molar-refractivity contribution in [1.29, 1.82) is 0 Å². The molecular weight excluding hydrogens is 470 g/mol. The number of likely N-dealkylation sites (N-methyl/N-ethyl adjacent to an activating group) is 1. The van der Waals surface area contributed by atoms with Gasteiger partial charge in [-0.1, -0.05) is 11.6 Å². The number of pyridine rings is 1. The van der Waals surface area contributed by atoms with Crippen molar-refractivity contribution in [2.75, 3.05) is 40.3 Å². The molecule has 0 spiro atoms. The third kappa shape index (κ3) is 5.69. The standard InChI is InChI=1S/C27H35N7O3/c1-16(2)34-25-22(14-29-34)20(26(36)28-13-21-17(3)11-18(4)30-27(21)37)12-23(31-25)19-7-9-33(10-8-19)24(35)15-32(5)6/h7,11-12,14,16,21H,8-10,13,15H2,1-6H3,(H,28,36). The predicted molar refractivity (Wildman–Crippen MR) is 143 cm³/mol. The summed E-state index contributed by atoms with van der Waals surface area (Å²) in [7, 11) is 3.76. The predicted octanol–water partition coefficient (Wildman–Crippen LogP) is 2.48. The number of nitrogens with zero attached hydrogens (tertiary/aromatic N) is 6. The zero-order valence-corrected chi connectivity index (χ0v) is 22.4. The minimum atomic E-state index is -0.477. The molecule has 2 aliphatic rings. The van der Waals surface area contributed by atoms with E-state index >= 15 is 0 Å². The molecule has 0 bridgehead atoms. The highest BCUT2D eigenvalue weighted by Crippen LogP contribution is 2.28. The fourth-order valence-corrected chi connectivity index (χ4v) is 4.69. The number of carbonyl (C=O) groups excluding carboxylic acids is 3. The van der Waals surface area contributed by atoms with Crippen molar-refractivity contribution in [3.05, 3.63) is 41.2 Å². The van der Waals surface area contributed by atoms with Crippen LogP contribution >= 0.6 is 0 Å². The summed E-state index contributed by atoms with van der Waals surface area (Å²) in [5.74, 6) is -0.924. The molecule has 196 valence electrons. The summed E-state index contributed by atoms with van der Waals surface area (Å²) in [6.07, 6.45) is 6.20. The number of amides is 3. The average molecular weight is 506 g/mol. The number of aliphatic imine (C=N–C) groups is 1. The number of aromatic nitrogens is 3. The molecule has 3 amide bonds. The highest BCUT2D eigenvalue weighted by Gasteiger charge is 2.26. The van der Waals surface area contributed by atoms with E-state index in [4.69, 9.17) is 4.98 Å². The lowest BCUT2D eigenvalue weighted by atomic mass is 9.95. The Morgan fingerprint density at radius 3 is 2.62 bits per heavy atom. The second-order valence-electron chi connectivity index (χ2n) is 10.3. The zero-order chi connectivity index (χ0) is 26.9. The molecule has 0 aliphatic carbocycles. The van der Waals surface area contributed by atoms with Crippen LogP contribution in [0.2, 0.25) is 0 Å². The molecule has 0 saturated carbocycles. The summed E-state index contributed by atoms with van der Waals surface area (Å²) in [4.78, 5) is 50.9. The van der Waals surface area contributed by atoms with Crippen molar-refractivity contribution >= 4 is 40.0 Å². The third-order valence-corrected chi connectivity index (χ3v) is 6.68. The van der Waals surface area contributed by atoms with Gasteiger partial charge in [-0.2, -0.15) is 5.10 Å². The Hall–Kier alpha value is -3.66. The minimum absolute atomic E-state index is 0.0596. The zero-order valence-electron chi connectivity index (χ0n) is 22.4. The van der Waals surface area contributed by atoms with E-state index in [1.807, 2.05) is 56.8 Å². The smallest absolute Gasteiger partial charge is 0.254 e. The van der Waals surface area contributed by atoms with Crippen molar-refractivity contribution in [1.82, 2.24) is 29.9 Å². The van der Waals surface area contributed by atoms with Gasteiger partial charge >= 0.3 is 0 Å². The Balaban J connectivity index is 1.62. The van der Waals surface area contributed by atoms with Gasteiger partial charge in [-0.3, -0.25) is 14.4 Å². The summed E-state index contributed by atoms with van der Waals surface area (Å²) in [6.45, 7) is 9.33. The van der Waals surface area contributed by atoms with E-state index in [0.29, 0.717) is 54.1 Å². The Morgan fingerprint density at radius 2 is 2.00 bits per heavy atom. The third-order valence-electron chi connectivity index (χ3n) is 6.68. The van der Waals surface area contributed by atoms with E-state index in [0.717, 1.165) is 11.1 Å². The van der Waals surface area contributed by atoms with E-state index in [2.05, 4.69) is 15.4 Å². The summed E-state index contributed by atoms with van der Waals surface area (Å²) in [5, 5.41) is 8.08. The summed E-state index contributed by atoms with van der Waals surface area (Å²) >= 11 is 0. The quantitative estimate of drug-likeness (QED) is 0.619. The van der Waals surface area contributed by atoms with Crippen LogP contribution in [0.25, 0.3) is 16.6 Å². The van der Waals surface area contributed by atoms with Crippen LogP contribution in [0, 0.1) is 5.92 Å².